The molecule has 0 saturated heterocycles. The van der Waals surface area contributed by atoms with Gasteiger partial charge in [-0.25, -0.2) is 0 Å². The van der Waals surface area contributed by atoms with Gasteiger partial charge in [0.05, 0.1) is 12.2 Å². The number of hydrogen-bond donors (Lipinski definition) is 3. The minimum Gasteiger partial charge on any atom is -0.506 e. The van der Waals surface area contributed by atoms with Gasteiger partial charge in [-0.3, -0.25) is 4.79 Å². The van der Waals surface area contributed by atoms with E-state index in [-0.39, 0.29) is 17.2 Å². The standard InChI is InChI=1S/C16H20N2O3/c17-8-11-21-10-3-9-18-16(20)14-7-6-12-4-1-2-5-13(12)15(14)19/h1-2,4-7,19H,3,8-11,17H2,(H,18,20). The zero-order valence-corrected chi connectivity index (χ0v) is 11.8. The summed E-state index contributed by atoms with van der Waals surface area (Å²) in [5.41, 5.74) is 5.60. The van der Waals surface area contributed by atoms with Gasteiger partial charge in [0.1, 0.15) is 5.75 Å². The van der Waals surface area contributed by atoms with Gasteiger partial charge in [-0.1, -0.05) is 30.3 Å². The number of ether oxygens (including phenoxy) is 1. The minimum absolute atomic E-state index is 0.0185. The van der Waals surface area contributed by atoms with Crippen molar-refractivity contribution < 1.29 is 14.6 Å². The molecule has 0 radical (unpaired) electrons. The Bertz CT molecular complexity index is 613. The lowest BCUT2D eigenvalue weighted by Crippen LogP contribution is -2.25. The predicted octanol–water partition coefficient (Wildman–Crippen LogP) is 1.64. The summed E-state index contributed by atoms with van der Waals surface area (Å²) in [5.74, 6) is -0.262. The number of carbonyl (C=O) groups is 1. The van der Waals surface area contributed by atoms with Crippen LogP contribution in [0.15, 0.2) is 36.4 Å². The summed E-state index contributed by atoms with van der Waals surface area (Å²) in [6.07, 6.45) is 0.708. The van der Waals surface area contributed by atoms with Gasteiger partial charge in [-0.2, -0.15) is 0 Å². The third kappa shape index (κ3) is 3.93. The van der Waals surface area contributed by atoms with E-state index in [2.05, 4.69) is 5.32 Å². The molecule has 2 aromatic carbocycles. The molecule has 0 unspecified atom stereocenters. The molecule has 0 fully saturated rings. The third-order valence-corrected chi connectivity index (χ3v) is 3.16. The molecule has 5 heteroatoms. The number of hydrogen-bond acceptors (Lipinski definition) is 4. The zero-order chi connectivity index (χ0) is 15.1. The smallest absolute Gasteiger partial charge is 0.255 e. The van der Waals surface area contributed by atoms with Crippen molar-refractivity contribution in [3.63, 3.8) is 0 Å². The van der Waals surface area contributed by atoms with E-state index in [0.29, 0.717) is 38.1 Å². The van der Waals surface area contributed by atoms with E-state index in [9.17, 15) is 9.90 Å². The molecule has 1 amide bonds. The lowest BCUT2D eigenvalue weighted by atomic mass is 10.0. The highest BCUT2D eigenvalue weighted by Crippen LogP contribution is 2.28. The quantitative estimate of drug-likeness (QED) is 0.676. The fraction of sp³-hybridized carbons (Fsp3) is 0.312. The van der Waals surface area contributed by atoms with Crippen LogP contribution in [0.1, 0.15) is 16.8 Å². The van der Waals surface area contributed by atoms with E-state index in [1.165, 1.54) is 0 Å². The highest BCUT2D eigenvalue weighted by molar-refractivity contribution is 6.03. The number of aromatic hydroxyl groups is 1. The molecule has 0 atom stereocenters. The van der Waals surface area contributed by atoms with E-state index in [1.54, 1.807) is 12.1 Å². The predicted molar refractivity (Wildman–Crippen MR) is 82.4 cm³/mol. The van der Waals surface area contributed by atoms with Crippen molar-refractivity contribution in [1.82, 2.24) is 5.32 Å². The van der Waals surface area contributed by atoms with Crippen LogP contribution in [0.4, 0.5) is 0 Å². The first kappa shape index (κ1) is 15.3. The number of nitrogens with two attached hydrogens (primary N) is 1. The fourth-order valence-corrected chi connectivity index (χ4v) is 2.10. The van der Waals surface area contributed by atoms with Crippen LogP contribution in [0.2, 0.25) is 0 Å². The molecule has 0 aliphatic heterocycles. The molecule has 0 aromatic heterocycles. The molecule has 4 N–H and O–H groups in total. The van der Waals surface area contributed by atoms with Crippen LogP contribution in [0.5, 0.6) is 5.75 Å². The van der Waals surface area contributed by atoms with E-state index < -0.39 is 0 Å². The van der Waals surface area contributed by atoms with Crippen LogP contribution in [-0.2, 0) is 4.74 Å². The molecule has 2 rings (SSSR count). The number of nitrogens with one attached hydrogen (secondary N) is 1. The van der Waals surface area contributed by atoms with Crippen molar-refractivity contribution >= 4 is 16.7 Å². The van der Waals surface area contributed by atoms with Gasteiger partial charge in [0.25, 0.3) is 5.91 Å². The van der Waals surface area contributed by atoms with Gasteiger partial charge in [0.2, 0.25) is 0 Å². The number of phenols is 1. The van der Waals surface area contributed by atoms with E-state index in [0.717, 1.165) is 5.39 Å². The minimum atomic E-state index is -0.280. The molecule has 5 nitrogen and oxygen atoms in total. The zero-order valence-electron chi connectivity index (χ0n) is 11.8. The summed E-state index contributed by atoms with van der Waals surface area (Å²) in [4.78, 5) is 12.1. The Morgan fingerprint density at radius 2 is 2.00 bits per heavy atom. The SMILES string of the molecule is NCCOCCCNC(=O)c1ccc2ccccc2c1O. The maximum Gasteiger partial charge on any atom is 0.255 e. The highest BCUT2D eigenvalue weighted by atomic mass is 16.5. The van der Waals surface area contributed by atoms with Gasteiger partial charge in [0.15, 0.2) is 0 Å². The van der Waals surface area contributed by atoms with Crippen LogP contribution in [-0.4, -0.2) is 37.3 Å². The number of phenolic OH excluding ortho intramolecular Hbond substituents is 1. The summed E-state index contributed by atoms with van der Waals surface area (Å²) in [6.45, 7) is 2.08. The molecule has 0 saturated carbocycles. The molecule has 0 spiro atoms. The normalized spacial score (nSPS) is 10.7. The molecular formula is C16H20N2O3. The molecule has 2 aromatic rings. The topological polar surface area (TPSA) is 84.6 Å². The average Bonchev–Trinajstić information content (AvgIpc) is 2.51. The molecular weight excluding hydrogens is 268 g/mol. The van der Waals surface area contributed by atoms with Gasteiger partial charge < -0.3 is 20.9 Å². The maximum absolute atomic E-state index is 12.1. The summed E-state index contributed by atoms with van der Waals surface area (Å²) < 4.78 is 5.23. The Kier molecular flexibility index (Phi) is 5.54. The number of rotatable bonds is 7. The van der Waals surface area contributed by atoms with Gasteiger partial charge in [-0.05, 0) is 17.9 Å². The second-order valence-electron chi connectivity index (χ2n) is 4.69. The Hall–Kier alpha value is -2.11. The summed E-state index contributed by atoms with van der Waals surface area (Å²) >= 11 is 0. The molecule has 0 bridgehead atoms. The Morgan fingerprint density at radius 3 is 2.81 bits per heavy atom. The van der Waals surface area contributed by atoms with E-state index in [4.69, 9.17) is 10.5 Å². The second-order valence-corrected chi connectivity index (χ2v) is 4.69. The number of benzene rings is 2. The maximum atomic E-state index is 12.1. The van der Waals surface area contributed by atoms with E-state index >= 15 is 0 Å². The first-order valence-corrected chi connectivity index (χ1v) is 7.00. The van der Waals surface area contributed by atoms with Gasteiger partial charge in [0, 0.05) is 25.1 Å². The van der Waals surface area contributed by atoms with E-state index in [1.807, 2.05) is 24.3 Å². The Labute approximate surface area is 123 Å². The lowest BCUT2D eigenvalue weighted by Gasteiger charge is -2.09. The second kappa shape index (κ2) is 7.61. The first-order valence-electron chi connectivity index (χ1n) is 7.00. The van der Waals surface area contributed by atoms with Gasteiger partial charge in [-0.15, -0.1) is 0 Å². The van der Waals surface area contributed by atoms with Crippen molar-refractivity contribution in [1.29, 1.82) is 0 Å². The van der Waals surface area contributed by atoms with Crippen molar-refractivity contribution in [3.8, 4) is 5.75 Å². The van der Waals surface area contributed by atoms with Crippen molar-refractivity contribution in [2.24, 2.45) is 5.73 Å². The van der Waals surface area contributed by atoms with Crippen LogP contribution < -0.4 is 11.1 Å². The Morgan fingerprint density at radius 1 is 1.19 bits per heavy atom. The van der Waals surface area contributed by atoms with Crippen LogP contribution in [0.25, 0.3) is 10.8 Å². The molecule has 112 valence electrons. The van der Waals surface area contributed by atoms with Crippen LogP contribution in [0, 0.1) is 0 Å². The lowest BCUT2D eigenvalue weighted by molar-refractivity contribution is 0.0940. The largest absolute Gasteiger partial charge is 0.506 e. The summed E-state index contributed by atoms with van der Waals surface area (Å²) in [5, 5.41) is 14.5. The van der Waals surface area contributed by atoms with Crippen LogP contribution >= 0.6 is 0 Å². The summed E-state index contributed by atoms with van der Waals surface area (Å²) in [6, 6.07) is 10.9. The first-order chi connectivity index (χ1) is 10.2. The third-order valence-electron chi connectivity index (χ3n) is 3.16. The highest BCUT2D eigenvalue weighted by Gasteiger charge is 2.12. The number of fused-ring (bicyclic) bond motifs is 1. The molecule has 0 aliphatic rings. The average molecular weight is 288 g/mol. The molecule has 21 heavy (non-hydrogen) atoms. The summed E-state index contributed by atoms with van der Waals surface area (Å²) in [7, 11) is 0. The van der Waals surface area contributed by atoms with Crippen molar-refractivity contribution in [2.45, 2.75) is 6.42 Å². The monoisotopic (exact) mass is 288 g/mol. The Balaban J connectivity index is 1.95. The number of amides is 1. The van der Waals surface area contributed by atoms with Crippen LogP contribution in [0.3, 0.4) is 0 Å². The van der Waals surface area contributed by atoms with Crippen molar-refractivity contribution in [2.75, 3.05) is 26.3 Å². The number of carbonyl (C=O) groups excluding carboxylic acids is 1. The fourth-order valence-electron chi connectivity index (χ4n) is 2.10. The molecule has 0 aliphatic carbocycles. The van der Waals surface area contributed by atoms with Gasteiger partial charge >= 0.3 is 0 Å². The molecule has 0 heterocycles. The van der Waals surface area contributed by atoms with Crippen molar-refractivity contribution in [3.05, 3.63) is 42.0 Å².